The molecule has 1 aliphatic carbocycles. The van der Waals surface area contributed by atoms with Gasteiger partial charge in [-0.2, -0.15) is 0 Å². The summed E-state index contributed by atoms with van der Waals surface area (Å²) in [5, 5.41) is 5.93. The van der Waals surface area contributed by atoms with Gasteiger partial charge in [-0.05, 0) is 72.7 Å². The third-order valence-electron chi connectivity index (χ3n) is 8.54. The number of carbonyl (C=O) groups excluding carboxylic acids is 3. The smallest absolute Gasteiger partial charge is 0.244 e. The van der Waals surface area contributed by atoms with Crippen LogP contribution in [-0.2, 0) is 32.6 Å². The Morgan fingerprint density at radius 3 is 2.64 bits per heavy atom. The van der Waals surface area contributed by atoms with Crippen LogP contribution in [0.15, 0.2) is 60.8 Å². The molecule has 3 aromatic rings. The van der Waals surface area contributed by atoms with Gasteiger partial charge in [0.05, 0.1) is 18.6 Å². The minimum atomic E-state index is -0.661. The van der Waals surface area contributed by atoms with Gasteiger partial charge in [-0.15, -0.1) is 0 Å². The van der Waals surface area contributed by atoms with E-state index >= 15 is 0 Å². The minimum Gasteiger partial charge on any atom is -0.497 e. The average Bonchev–Trinajstić information content (AvgIpc) is 3.44. The maximum Gasteiger partial charge on any atom is 0.244 e. The van der Waals surface area contributed by atoms with Crippen LogP contribution in [0.3, 0.4) is 0 Å². The van der Waals surface area contributed by atoms with Crippen molar-refractivity contribution in [2.24, 2.45) is 5.41 Å². The minimum absolute atomic E-state index is 0.0277. The number of hydrogen-bond acceptors (Lipinski definition) is 5. The third-order valence-corrected chi connectivity index (χ3v) is 8.54. The molecule has 2 N–H and O–H groups in total. The van der Waals surface area contributed by atoms with Crippen molar-refractivity contribution in [3.05, 3.63) is 83.0 Å². The Labute approximate surface area is 227 Å². The second-order valence-electron chi connectivity index (χ2n) is 11.5. The van der Waals surface area contributed by atoms with Crippen LogP contribution in [0.1, 0.15) is 55.0 Å². The van der Waals surface area contributed by atoms with E-state index in [4.69, 9.17) is 4.74 Å². The molecule has 200 valence electrons. The molecule has 0 saturated carbocycles. The maximum atomic E-state index is 13.4. The molecular formula is C31H32N4O4. The highest BCUT2D eigenvalue weighted by atomic mass is 16.5. The van der Waals surface area contributed by atoms with Crippen molar-refractivity contribution in [2.45, 2.75) is 51.0 Å². The first-order valence-electron chi connectivity index (χ1n) is 13.3. The van der Waals surface area contributed by atoms with Crippen LogP contribution in [-0.4, -0.2) is 41.3 Å². The maximum absolute atomic E-state index is 13.4. The van der Waals surface area contributed by atoms with Gasteiger partial charge >= 0.3 is 0 Å². The lowest BCUT2D eigenvalue weighted by molar-refractivity contribution is -0.150. The molecule has 2 aromatic carbocycles. The van der Waals surface area contributed by atoms with Crippen LogP contribution in [0.2, 0.25) is 0 Å². The van der Waals surface area contributed by atoms with Gasteiger partial charge in [0.25, 0.3) is 0 Å². The zero-order chi connectivity index (χ0) is 27.4. The molecule has 1 aromatic heterocycles. The first kappa shape index (κ1) is 25.1. The summed E-state index contributed by atoms with van der Waals surface area (Å²) < 4.78 is 5.28. The zero-order valence-corrected chi connectivity index (χ0v) is 22.4. The highest BCUT2D eigenvalue weighted by Crippen LogP contribution is 2.47. The molecule has 2 atom stereocenters. The molecule has 0 radical (unpaired) electrons. The van der Waals surface area contributed by atoms with Gasteiger partial charge in [-0.3, -0.25) is 14.4 Å². The summed E-state index contributed by atoms with van der Waals surface area (Å²) in [5.41, 5.74) is 3.50. The predicted molar refractivity (Wildman–Crippen MR) is 147 cm³/mol. The van der Waals surface area contributed by atoms with Crippen LogP contribution in [0, 0.1) is 5.41 Å². The Hall–Kier alpha value is -4.20. The Morgan fingerprint density at radius 1 is 1.10 bits per heavy atom. The van der Waals surface area contributed by atoms with Gasteiger partial charge in [-0.25, -0.2) is 4.98 Å². The van der Waals surface area contributed by atoms with Crippen LogP contribution in [0.5, 0.6) is 5.75 Å². The number of likely N-dealkylation sites (tertiary alicyclic amines) is 1. The number of rotatable bonds is 5. The number of piperidine rings is 1. The Morgan fingerprint density at radius 2 is 1.87 bits per heavy atom. The van der Waals surface area contributed by atoms with E-state index in [1.807, 2.05) is 68.4 Å². The summed E-state index contributed by atoms with van der Waals surface area (Å²) in [7, 11) is 1.62. The SMILES string of the molecule is COc1ccc(C2CCC(C)(C)C(=O)N2CC(=O)Nc2ccc3c(c2)CC2(C3)C(=O)Nc3ncccc32)cc1. The summed E-state index contributed by atoms with van der Waals surface area (Å²) in [6.07, 6.45) is 4.36. The summed E-state index contributed by atoms with van der Waals surface area (Å²) in [6.45, 7) is 3.84. The number of anilines is 2. The Kier molecular flexibility index (Phi) is 5.93. The lowest BCUT2D eigenvalue weighted by Crippen LogP contribution is -2.50. The van der Waals surface area contributed by atoms with Gasteiger partial charge in [0.15, 0.2) is 0 Å². The normalized spacial score (nSPS) is 22.8. The van der Waals surface area contributed by atoms with Crippen molar-refractivity contribution in [2.75, 3.05) is 24.3 Å². The molecule has 39 heavy (non-hydrogen) atoms. The second-order valence-corrected chi connectivity index (χ2v) is 11.5. The lowest BCUT2D eigenvalue weighted by Gasteiger charge is -2.43. The van der Waals surface area contributed by atoms with E-state index in [1.165, 1.54) is 0 Å². The number of nitrogens with zero attached hydrogens (tertiary/aromatic N) is 2. The largest absolute Gasteiger partial charge is 0.497 e. The van der Waals surface area contributed by atoms with Crippen LogP contribution in [0.4, 0.5) is 11.5 Å². The van der Waals surface area contributed by atoms with E-state index in [1.54, 1.807) is 18.2 Å². The second kappa shape index (κ2) is 9.22. The van der Waals surface area contributed by atoms with Crippen molar-refractivity contribution < 1.29 is 19.1 Å². The van der Waals surface area contributed by atoms with E-state index in [0.29, 0.717) is 24.3 Å². The van der Waals surface area contributed by atoms with Crippen LogP contribution < -0.4 is 15.4 Å². The van der Waals surface area contributed by atoms with Crippen molar-refractivity contribution in [1.29, 1.82) is 0 Å². The lowest BCUT2D eigenvalue weighted by atomic mass is 9.78. The first-order valence-corrected chi connectivity index (χ1v) is 13.3. The van der Waals surface area contributed by atoms with Gasteiger partial charge in [0.2, 0.25) is 17.7 Å². The van der Waals surface area contributed by atoms with Crippen molar-refractivity contribution in [3.63, 3.8) is 0 Å². The van der Waals surface area contributed by atoms with Gasteiger partial charge in [-0.1, -0.05) is 38.1 Å². The van der Waals surface area contributed by atoms with Gasteiger partial charge in [0, 0.05) is 22.9 Å². The Bertz CT molecular complexity index is 1480. The molecule has 2 aliphatic heterocycles. The molecule has 1 saturated heterocycles. The monoisotopic (exact) mass is 524 g/mol. The summed E-state index contributed by atoms with van der Waals surface area (Å²) in [5.74, 6) is 1.07. The van der Waals surface area contributed by atoms with Crippen molar-refractivity contribution in [1.82, 2.24) is 9.88 Å². The fraction of sp³-hybridized carbons (Fsp3) is 0.355. The third kappa shape index (κ3) is 4.24. The predicted octanol–water partition coefficient (Wildman–Crippen LogP) is 4.41. The number of aromatic nitrogens is 1. The molecule has 0 bridgehead atoms. The molecule has 3 amide bonds. The number of ether oxygens (including phenoxy) is 1. The summed E-state index contributed by atoms with van der Waals surface area (Å²) in [6, 6.07) is 17.1. The number of amides is 3. The summed E-state index contributed by atoms with van der Waals surface area (Å²) in [4.78, 5) is 45.8. The number of pyridine rings is 1. The molecular weight excluding hydrogens is 492 g/mol. The Balaban J connectivity index is 1.20. The molecule has 1 spiro atoms. The van der Waals surface area contributed by atoms with E-state index in [0.717, 1.165) is 40.8 Å². The highest BCUT2D eigenvalue weighted by molar-refractivity contribution is 6.06. The number of benzene rings is 2. The molecule has 1 fully saturated rings. The van der Waals surface area contributed by atoms with E-state index in [9.17, 15) is 14.4 Å². The van der Waals surface area contributed by atoms with Gasteiger partial charge < -0.3 is 20.3 Å². The molecule has 2 unspecified atom stereocenters. The quantitative estimate of drug-likeness (QED) is 0.515. The number of hydrogen-bond donors (Lipinski definition) is 2. The first-order chi connectivity index (χ1) is 18.7. The molecule has 3 heterocycles. The van der Waals surface area contributed by atoms with Crippen LogP contribution in [0.25, 0.3) is 0 Å². The number of methoxy groups -OCH3 is 1. The topological polar surface area (TPSA) is 101 Å². The molecule has 6 rings (SSSR count). The highest BCUT2D eigenvalue weighted by Gasteiger charge is 2.51. The summed E-state index contributed by atoms with van der Waals surface area (Å²) >= 11 is 0. The average molecular weight is 525 g/mol. The van der Waals surface area contributed by atoms with E-state index < -0.39 is 10.8 Å². The molecule has 8 nitrogen and oxygen atoms in total. The standard InChI is InChI=1S/C31H32N4O4/c1-30(2)13-12-25(19-7-10-23(39-3)11-8-19)35(29(30)38)18-26(36)33-22-9-6-20-16-31(17-21(20)15-22)24-5-4-14-32-27(24)34-28(31)37/h4-11,14-15,25H,12-13,16-18H2,1-3H3,(H,33,36)(H,32,34,37). The van der Waals surface area contributed by atoms with Crippen LogP contribution >= 0.6 is 0 Å². The van der Waals surface area contributed by atoms with Gasteiger partial charge in [0.1, 0.15) is 18.1 Å². The molecule has 8 heteroatoms. The zero-order valence-electron chi connectivity index (χ0n) is 22.4. The van der Waals surface area contributed by atoms with E-state index in [2.05, 4.69) is 15.6 Å². The fourth-order valence-corrected chi connectivity index (χ4v) is 6.35. The van der Waals surface area contributed by atoms with Crippen molar-refractivity contribution in [3.8, 4) is 5.75 Å². The fourth-order valence-electron chi connectivity index (χ4n) is 6.35. The molecule has 3 aliphatic rings. The van der Waals surface area contributed by atoms with Crippen molar-refractivity contribution >= 4 is 29.2 Å². The number of nitrogens with one attached hydrogen (secondary N) is 2. The number of fused-ring (bicyclic) bond motifs is 3. The number of carbonyl (C=O) groups is 3. The van der Waals surface area contributed by atoms with E-state index in [-0.39, 0.29) is 30.3 Å².